The number of anilines is 2. The molecule has 2 atom stereocenters. The maximum atomic E-state index is 13.4. The van der Waals surface area contributed by atoms with Gasteiger partial charge in [0.25, 0.3) is 0 Å². The van der Waals surface area contributed by atoms with Crippen LogP contribution in [0.25, 0.3) is 0 Å². The number of aryl methyl sites for hydroxylation is 1. The van der Waals surface area contributed by atoms with Crippen LogP contribution < -0.4 is 20.1 Å². The van der Waals surface area contributed by atoms with Crippen LogP contribution in [0.3, 0.4) is 0 Å². The number of rotatable bonds is 16. The number of nitrogens with one attached hydrogen (secondary N) is 2. The molecule has 0 aliphatic carbocycles. The molecule has 0 saturated carbocycles. The molecule has 4 aromatic rings. The van der Waals surface area contributed by atoms with Crippen LogP contribution in [0.4, 0.5) is 33.3 Å². The van der Waals surface area contributed by atoms with Crippen LogP contribution in [0.1, 0.15) is 47.2 Å². The molecule has 0 heterocycles. The number of ether oxygens (including phenoxy) is 2. The molecular weight excluding hydrogens is 906 g/mol. The van der Waals surface area contributed by atoms with Gasteiger partial charge in [-0.15, -0.1) is 0 Å². The molecular formula is C38H37Br2Cl2F5N2O6. The Bertz CT molecular complexity index is 1930. The molecule has 55 heavy (non-hydrogen) atoms. The summed E-state index contributed by atoms with van der Waals surface area (Å²) in [5.74, 6) is -2.48. The standard InChI is InChI=1S/C19H17Br2F4NO3.C19H20Cl2FNO3/c1-2-26-13-4-11(3-12(8-13)19(23,24)25)9-29-17-14(20)5-10(6-15(17)21)7-16(22)18(27)28;1-3-23-14-5-11(2)4-13(6-14)10-26-18-15(20)7-12(8-16(18)21)9-17(22)19(24)25/h3-6,8,16,26H,2,7,9H2,1H3,(H,27,28);4-8,17,23H,3,9-10H2,1-2H3,(H,24,25). The maximum absolute atomic E-state index is 13.4. The van der Waals surface area contributed by atoms with Gasteiger partial charge < -0.3 is 30.3 Å². The van der Waals surface area contributed by atoms with E-state index in [0.717, 1.165) is 35.5 Å². The number of carboxylic acid groups (broad SMARTS) is 2. The highest BCUT2D eigenvalue weighted by Crippen LogP contribution is 2.38. The number of aliphatic carboxylic acids is 2. The topological polar surface area (TPSA) is 117 Å². The Morgan fingerprint density at radius 2 is 1.13 bits per heavy atom. The summed E-state index contributed by atoms with van der Waals surface area (Å²) in [6.45, 7) is 7.19. The number of carboxylic acids is 2. The highest BCUT2D eigenvalue weighted by Gasteiger charge is 2.31. The predicted molar refractivity (Wildman–Crippen MR) is 210 cm³/mol. The summed E-state index contributed by atoms with van der Waals surface area (Å²) in [6, 6.07) is 15.6. The third kappa shape index (κ3) is 14.3. The second-order valence-electron chi connectivity index (χ2n) is 12.1. The number of hydrogen-bond acceptors (Lipinski definition) is 6. The van der Waals surface area contributed by atoms with Crippen molar-refractivity contribution >= 4 is 78.4 Å². The van der Waals surface area contributed by atoms with Gasteiger partial charge in [0.1, 0.15) is 19.0 Å². The average Bonchev–Trinajstić information content (AvgIpc) is 3.07. The molecule has 2 unspecified atom stereocenters. The molecule has 0 fully saturated rings. The minimum absolute atomic E-state index is 0.139. The molecule has 0 aromatic heterocycles. The monoisotopic (exact) mass is 940 g/mol. The third-order valence-corrected chi connectivity index (χ3v) is 9.21. The van der Waals surface area contributed by atoms with Crippen LogP contribution in [0, 0.1) is 6.92 Å². The van der Waals surface area contributed by atoms with Crippen molar-refractivity contribution in [3.63, 3.8) is 0 Å². The van der Waals surface area contributed by atoms with Crippen molar-refractivity contribution in [2.75, 3.05) is 23.7 Å². The lowest BCUT2D eigenvalue weighted by Crippen LogP contribution is -2.17. The van der Waals surface area contributed by atoms with Crippen molar-refractivity contribution in [3.05, 3.63) is 113 Å². The van der Waals surface area contributed by atoms with Gasteiger partial charge in [-0.3, -0.25) is 0 Å². The molecule has 17 heteroatoms. The highest BCUT2D eigenvalue weighted by molar-refractivity contribution is 9.11. The molecule has 4 rings (SSSR count). The van der Waals surface area contributed by atoms with Gasteiger partial charge in [0.15, 0.2) is 5.75 Å². The minimum atomic E-state index is -4.49. The fourth-order valence-electron chi connectivity index (χ4n) is 5.13. The normalized spacial score (nSPS) is 12.2. The van der Waals surface area contributed by atoms with Gasteiger partial charge in [0, 0.05) is 37.3 Å². The van der Waals surface area contributed by atoms with E-state index in [2.05, 4.69) is 42.5 Å². The summed E-state index contributed by atoms with van der Waals surface area (Å²) in [5.41, 5.74) is 3.72. The largest absolute Gasteiger partial charge is 0.487 e. The van der Waals surface area contributed by atoms with Crippen LogP contribution in [0.5, 0.6) is 11.5 Å². The zero-order chi connectivity index (χ0) is 41.0. The SMILES string of the molecule is CCNc1cc(C)cc(COc2c(Cl)cc(CC(F)C(=O)O)cc2Cl)c1.CCNc1cc(COc2c(Br)cc(CC(F)C(=O)O)cc2Br)cc(C(F)(F)F)c1. The van der Waals surface area contributed by atoms with Crippen LogP contribution in [-0.4, -0.2) is 47.6 Å². The Hall–Kier alpha value is -3.79. The Morgan fingerprint density at radius 1 is 0.691 bits per heavy atom. The van der Waals surface area contributed by atoms with E-state index in [1.54, 1.807) is 13.0 Å². The summed E-state index contributed by atoms with van der Waals surface area (Å²) >= 11 is 18.9. The van der Waals surface area contributed by atoms with Gasteiger partial charge in [0.2, 0.25) is 12.3 Å². The van der Waals surface area contributed by atoms with Gasteiger partial charge in [0.05, 0.1) is 24.6 Å². The van der Waals surface area contributed by atoms with Crippen molar-refractivity contribution in [2.24, 2.45) is 0 Å². The molecule has 0 bridgehead atoms. The summed E-state index contributed by atoms with van der Waals surface area (Å²) in [5, 5.41) is 23.9. The Balaban J connectivity index is 0.000000297. The van der Waals surface area contributed by atoms with Crippen molar-refractivity contribution in [3.8, 4) is 11.5 Å². The van der Waals surface area contributed by atoms with E-state index >= 15 is 0 Å². The first-order chi connectivity index (χ1) is 25.8. The number of alkyl halides is 5. The van der Waals surface area contributed by atoms with Crippen LogP contribution >= 0.6 is 55.1 Å². The fourth-order valence-corrected chi connectivity index (χ4v) is 7.28. The molecule has 0 amide bonds. The molecule has 0 aliphatic heterocycles. The summed E-state index contributed by atoms with van der Waals surface area (Å²) < 4.78 is 78.4. The predicted octanol–water partition coefficient (Wildman–Crippen LogP) is 11.5. The van der Waals surface area contributed by atoms with E-state index in [1.807, 2.05) is 32.0 Å². The third-order valence-electron chi connectivity index (χ3n) is 7.47. The molecule has 298 valence electrons. The van der Waals surface area contributed by atoms with E-state index in [1.165, 1.54) is 24.3 Å². The number of halogens is 9. The van der Waals surface area contributed by atoms with Crippen molar-refractivity contribution in [2.45, 2.75) is 65.3 Å². The van der Waals surface area contributed by atoms with E-state index in [-0.39, 0.29) is 41.9 Å². The van der Waals surface area contributed by atoms with Crippen LogP contribution in [-0.2, 0) is 41.8 Å². The highest BCUT2D eigenvalue weighted by atomic mass is 79.9. The van der Waals surface area contributed by atoms with E-state index in [4.69, 9.17) is 42.9 Å². The van der Waals surface area contributed by atoms with E-state index < -0.39 is 36.0 Å². The maximum Gasteiger partial charge on any atom is 0.416 e. The average molecular weight is 943 g/mol. The van der Waals surface area contributed by atoms with Crippen molar-refractivity contribution in [1.29, 1.82) is 0 Å². The molecule has 0 radical (unpaired) electrons. The summed E-state index contributed by atoms with van der Waals surface area (Å²) in [7, 11) is 0. The Kier molecular flexibility index (Phi) is 17.4. The molecule has 0 aliphatic rings. The van der Waals surface area contributed by atoms with Gasteiger partial charge in [-0.1, -0.05) is 29.3 Å². The smallest absolute Gasteiger partial charge is 0.416 e. The molecule has 0 spiro atoms. The van der Waals surface area contributed by atoms with Crippen LogP contribution in [0.15, 0.2) is 69.6 Å². The zero-order valence-electron chi connectivity index (χ0n) is 29.6. The summed E-state index contributed by atoms with van der Waals surface area (Å²) in [6.07, 6.45) is -9.18. The first-order valence-corrected chi connectivity index (χ1v) is 18.9. The Labute approximate surface area is 341 Å². The fraction of sp³-hybridized carbons (Fsp3) is 0.316. The van der Waals surface area contributed by atoms with E-state index in [9.17, 15) is 31.5 Å². The molecule has 8 nitrogen and oxygen atoms in total. The Morgan fingerprint density at radius 3 is 1.58 bits per heavy atom. The second-order valence-corrected chi connectivity index (χ2v) is 14.6. The minimum Gasteiger partial charge on any atom is -0.487 e. The molecule has 4 aromatic carbocycles. The number of hydrogen-bond donors (Lipinski definition) is 4. The lowest BCUT2D eigenvalue weighted by atomic mass is 10.1. The van der Waals surface area contributed by atoms with Crippen molar-refractivity contribution in [1.82, 2.24) is 0 Å². The lowest BCUT2D eigenvalue weighted by molar-refractivity contribution is -0.143. The van der Waals surface area contributed by atoms with E-state index in [0.29, 0.717) is 43.6 Å². The zero-order valence-corrected chi connectivity index (χ0v) is 34.3. The quantitative estimate of drug-likeness (QED) is 0.0821. The molecule has 0 saturated heterocycles. The van der Waals surface area contributed by atoms with Crippen LogP contribution in [0.2, 0.25) is 10.0 Å². The number of carbonyl (C=O) groups is 2. The first kappa shape index (κ1) is 45.6. The lowest BCUT2D eigenvalue weighted by Gasteiger charge is -2.15. The van der Waals surface area contributed by atoms with Crippen molar-refractivity contribution < 1.29 is 51.2 Å². The molecule has 4 N–H and O–H groups in total. The number of benzene rings is 4. The van der Waals surface area contributed by atoms with Gasteiger partial charge in [-0.2, -0.15) is 13.2 Å². The first-order valence-electron chi connectivity index (χ1n) is 16.6. The van der Waals surface area contributed by atoms with Gasteiger partial charge >= 0.3 is 18.1 Å². The second kappa shape index (κ2) is 20.9. The van der Waals surface area contributed by atoms with Gasteiger partial charge in [-0.05, 0) is 135 Å². The summed E-state index contributed by atoms with van der Waals surface area (Å²) in [4.78, 5) is 21.3. The van der Waals surface area contributed by atoms with Gasteiger partial charge in [-0.25, -0.2) is 18.4 Å².